The van der Waals surface area contributed by atoms with Crippen molar-refractivity contribution in [2.75, 3.05) is 33.2 Å². The fraction of sp³-hybridized carbons (Fsp3) is 0.600. The van der Waals surface area contributed by atoms with Gasteiger partial charge in [0.25, 0.3) is 0 Å². The van der Waals surface area contributed by atoms with Gasteiger partial charge in [0.1, 0.15) is 0 Å². The molecular weight excluding hydrogens is 328 g/mol. The number of amides is 2. The third-order valence-corrected chi connectivity index (χ3v) is 5.41. The number of carbonyl (C=O) groups excluding carboxylic acids is 2. The van der Waals surface area contributed by atoms with Crippen molar-refractivity contribution in [2.45, 2.75) is 44.8 Å². The zero-order valence-corrected chi connectivity index (χ0v) is 15.7. The molecule has 0 spiro atoms. The fourth-order valence-electron chi connectivity index (χ4n) is 3.85. The predicted molar refractivity (Wildman–Crippen MR) is 101 cm³/mol. The van der Waals surface area contributed by atoms with E-state index in [1.165, 1.54) is 6.42 Å². The molecule has 2 aliphatic heterocycles. The van der Waals surface area contributed by atoms with Gasteiger partial charge >= 0.3 is 0 Å². The standard InChI is InChI=1S/C20H30N4O2/c1-21-18-8-4-10-23(14-18)15-19(25)22-12-16-6-2-3-7-17(16)13-24-11-5-9-20(24)26/h2-3,6-7,18,21H,4-5,8-15H2,1H3,(H,22,25). The maximum absolute atomic E-state index is 12.3. The maximum Gasteiger partial charge on any atom is 0.234 e. The Kier molecular flexibility index (Phi) is 6.63. The van der Waals surface area contributed by atoms with Crippen molar-refractivity contribution >= 4 is 11.8 Å². The van der Waals surface area contributed by atoms with Crippen LogP contribution in [0.1, 0.15) is 36.8 Å². The Morgan fingerprint density at radius 2 is 2.00 bits per heavy atom. The minimum atomic E-state index is 0.0637. The number of nitrogens with one attached hydrogen (secondary N) is 2. The lowest BCUT2D eigenvalue weighted by molar-refractivity contribution is -0.128. The summed E-state index contributed by atoms with van der Waals surface area (Å²) in [4.78, 5) is 28.4. The third kappa shape index (κ3) is 5.05. The van der Waals surface area contributed by atoms with Crippen molar-refractivity contribution < 1.29 is 9.59 Å². The first-order chi connectivity index (χ1) is 12.7. The van der Waals surface area contributed by atoms with Gasteiger partial charge in [-0.3, -0.25) is 14.5 Å². The topological polar surface area (TPSA) is 64.7 Å². The number of hydrogen-bond acceptors (Lipinski definition) is 4. The molecule has 2 amide bonds. The smallest absolute Gasteiger partial charge is 0.234 e. The van der Waals surface area contributed by atoms with Crippen molar-refractivity contribution in [1.82, 2.24) is 20.4 Å². The highest BCUT2D eigenvalue weighted by Crippen LogP contribution is 2.17. The van der Waals surface area contributed by atoms with Crippen LogP contribution in [0.2, 0.25) is 0 Å². The molecule has 0 bridgehead atoms. The molecule has 6 nitrogen and oxygen atoms in total. The normalized spacial score (nSPS) is 21.2. The summed E-state index contributed by atoms with van der Waals surface area (Å²) < 4.78 is 0. The molecule has 1 aromatic rings. The monoisotopic (exact) mass is 358 g/mol. The van der Waals surface area contributed by atoms with E-state index in [0.717, 1.165) is 43.6 Å². The van der Waals surface area contributed by atoms with Gasteiger partial charge in [0, 0.05) is 38.6 Å². The van der Waals surface area contributed by atoms with Crippen molar-refractivity contribution in [3.05, 3.63) is 35.4 Å². The summed E-state index contributed by atoms with van der Waals surface area (Å²) in [5.74, 6) is 0.293. The molecule has 2 fully saturated rings. The molecule has 2 N–H and O–H groups in total. The van der Waals surface area contributed by atoms with E-state index < -0.39 is 0 Å². The van der Waals surface area contributed by atoms with Gasteiger partial charge in [-0.25, -0.2) is 0 Å². The van der Waals surface area contributed by atoms with Crippen LogP contribution in [0.5, 0.6) is 0 Å². The van der Waals surface area contributed by atoms with Gasteiger partial charge in [0.15, 0.2) is 0 Å². The first-order valence-corrected chi connectivity index (χ1v) is 9.66. The molecule has 26 heavy (non-hydrogen) atoms. The molecule has 2 saturated heterocycles. The van der Waals surface area contributed by atoms with E-state index in [1.807, 2.05) is 30.1 Å². The first-order valence-electron chi connectivity index (χ1n) is 9.66. The van der Waals surface area contributed by atoms with Gasteiger partial charge in [0.05, 0.1) is 6.54 Å². The largest absolute Gasteiger partial charge is 0.351 e. The van der Waals surface area contributed by atoms with Crippen LogP contribution in [-0.2, 0) is 22.7 Å². The first kappa shape index (κ1) is 18.9. The zero-order chi connectivity index (χ0) is 18.4. The highest BCUT2D eigenvalue weighted by atomic mass is 16.2. The lowest BCUT2D eigenvalue weighted by atomic mass is 10.1. The Balaban J connectivity index is 1.51. The van der Waals surface area contributed by atoms with E-state index >= 15 is 0 Å². The fourth-order valence-corrected chi connectivity index (χ4v) is 3.85. The number of piperidine rings is 1. The molecule has 1 unspecified atom stereocenters. The van der Waals surface area contributed by atoms with Gasteiger partial charge in [-0.1, -0.05) is 24.3 Å². The van der Waals surface area contributed by atoms with Gasteiger partial charge in [-0.05, 0) is 44.0 Å². The molecule has 142 valence electrons. The summed E-state index contributed by atoms with van der Waals surface area (Å²) >= 11 is 0. The molecule has 6 heteroatoms. The van der Waals surface area contributed by atoms with E-state index in [-0.39, 0.29) is 11.8 Å². The van der Waals surface area contributed by atoms with Crippen molar-refractivity contribution in [1.29, 1.82) is 0 Å². The van der Waals surface area contributed by atoms with E-state index in [0.29, 0.717) is 32.1 Å². The van der Waals surface area contributed by atoms with Crippen LogP contribution in [0.15, 0.2) is 24.3 Å². The van der Waals surface area contributed by atoms with Crippen LogP contribution in [-0.4, -0.2) is 60.9 Å². The lowest BCUT2D eigenvalue weighted by Crippen LogP contribution is -2.47. The van der Waals surface area contributed by atoms with Gasteiger partial charge in [0.2, 0.25) is 11.8 Å². The SMILES string of the molecule is CNC1CCCN(CC(=O)NCc2ccccc2CN2CCCC2=O)C1. The van der Waals surface area contributed by atoms with E-state index in [4.69, 9.17) is 0 Å². The van der Waals surface area contributed by atoms with Crippen LogP contribution in [0.25, 0.3) is 0 Å². The number of hydrogen-bond donors (Lipinski definition) is 2. The minimum Gasteiger partial charge on any atom is -0.351 e. The maximum atomic E-state index is 12.3. The second kappa shape index (κ2) is 9.14. The van der Waals surface area contributed by atoms with Crippen LogP contribution >= 0.6 is 0 Å². The van der Waals surface area contributed by atoms with Crippen LogP contribution < -0.4 is 10.6 Å². The summed E-state index contributed by atoms with van der Waals surface area (Å²) in [7, 11) is 1.98. The van der Waals surface area contributed by atoms with Crippen LogP contribution in [0.4, 0.5) is 0 Å². The molecule has 2 aliphatic rings. The second-order valence-electron chi connectivity index (χ2n) is 7.33. The highest BCUT2D eigenvalue weighted by Gasteiger charge is 2.22. The molecule has 0 radical (unpaired) electrons. The second-order valence-corrected chi connectivity index (χ2v) is 7.33. The zero-order valence-electron chi connectivity index (χ0n) is 15.7. The highest BCUT2D eigenvalue weighted by molar-refractivity contribution is 5.78. The van der Waals surface area contributed by atoms with Gasteiger partial charge < -0.3 is 15.5 Å². The summed E-state index contributed by atoms with van der Waals surface area (Å²) in [5, 5.41) is 6.36. The predicted octanol–water partition coefficient (Wildman–Crippen LogP) is 1.11. The average Bonchev–Trinajstić information content (AvgIpc) is 3.06. The average molecular weight is 358 g/mol. The van der Waals surface area contributed by atoms with E-state index in [1.54, 1.807) is 0 Å². The molecular formula is C20H30N4O2. The molecule has 3 rings (SSSR count). The summed E-state index contributed by atoms with van der Waals surface area (Å²) in [5.41, 5.74) is 2.21. The third-order valence-electron chi connectivity index (χ3n) is 5.41. The number of rotatable bonds is 7. The van der Waals surface area contributed by atoms with Crippen LogP contribution in [0.3, 0.4) is 0 Å². The summed E-state index contributed by atoms with van der Waals surface area (Å²) in [6.45, 7) is 4.35. The van der Waals surface area contributed by atoms with Gasteiger partial charge in [-0.2, -0.15) is 0 Å². The molecule has 0 aliphatic carbocycles. The van der Waals surface area contributed by atoms with Gasteiger partial charge in [-0.15, -0.1) is 0 Å². The summed E-state index contributed by atoms with van der Waals surface area (Å²) in [6.07, 6.45) is 3.91. The number of likely N-dealkylation sites (N-methyl/N-ethyl adjacent to an activating group) is 1. The molecule has 0 aromatic heterocycles. The Morgan fingerprint density at radius 3 is 2.73 bits per heavy atom. The molecule has 1 aromatic carbocycles. The van der Waals surface area contributed by atoms with Crippen molar-refractivity contribution in [3.8, 4) is 0 Å². The number of carbonyl (C=O) groups is 2. The van der Waals surface area contributed by atoms with Crippen LogP contribution in [0, 0.1) is 0 Å². The Hall–Kier alpha value is -1.92. The quantitative estimate of drug-likeness (QED) is 0.766. The Bertz CT molecular complexity index is 634. The van der Waals surface area contributed by atoms with Crippen molar-refractivity contribution in [2.24, 2.45) is 0 Å². The minimum absolute atomic E-state index is 0.0637. The van der Waals surface area contributed by atoms with Crippen molar-refractivity contribution in [3.63, 3.8) is 0 Å². The number of nitrogens with zero attached hydrogens (tertiary/aromatic N) is 2. The molecule has 0 saturated carbocycles. The Labute approximate surface area is 155 Å². The molecule has 1 atom stereocenters. The van der Waals surface area contributed by atoms with E-state index in [9.17, 15) is 9.59 Å². The number of benzene rings is 1. The lowest BCUT2D eigenvalue weighted by Gasteiger charge is -2.31. The summed E-state index contributed by atoms with van der Waals surface area (Å²) in [6, 6.07) is 8.55. The molecule has 2 heterocycles. The van der Waals surface area contributed by atoms with E-state index in [2.05, 4.69) is 21.6 Å². The number of likely N-dealkylation sites (tertiary alicyclic amines) is 2. The Morgan fingerprint density at radius 1 is 1.19 bits per heavy atom.